The lowest BCUT2D eigenvalue weighted by Gasteiger charge is -2.33. The number of hydrogen-bond acceptors (Lipinski definition) is 5. The van der Waals surface area contributed by atoms with Crippen molar-refractivity contribution in [2.45, 2.75) is 26.1 Å². The van der Waals surface area contributed by atoms with Crippen LogP contribution in [0.25, 0.3) is 0 Å². The predicted molar refractivity (Wildman–Crippen MR) is 71.4 cm³/mol. The minimum atomic E-state index is -0.624. The highest BCUT2D eigenvalue weighted by molar-refractivity contribution is 6.03. The highest BCUT2D eigenvalue weighted by Crippen LogP contribution is 2.35. The van der Waals surface area contributed by atoms with Gasteiger partial charge in [-0.05, 0) is 24.1 Å². The van der Waals surface area contributed by atoms with Crippen LogP contribution < -0.4 is 9.64 Å². The van der Waals surface area contributed by atoms with Crippen LogP contribution in [0.2, 0.25) is 0 Å². The van der Waals surface area contributed by atoms with Crippen molar-refractivity contribution in [2.24, 2.45) is 0 Å². The van der Waals surface area contributed by atoms with Gasteiger partial charge >= 0.3 is 5.97 Å². The van der Waals surface area contributed by atoms with Crippen molar-refractivity contribution >= 4 is 17.6 Å². The van der Waals surface area contributed by atoms with Gasteiger partial charge in [0.1, 0.15) is 12.3 Å². The lowest BCUT2D eigenvalue weighted by molar-refractivity contribution is -0.140. The second-order valence-electron chi connectivity index (χ2n) is 4.48. The summed E-state index contributed by atoms with van der Waals surface area (Å²) in [6, 6.07) is 5.02. The molecule has 20 heavy (non-hydrogen) atoms. The van der Waals surface area contributed by atoms with Gasteiger partial charge in [-0.1, -0.05) is 13.0 Å². The monoisotopic (exact) mass is 279 g/mol. The van der Waals surface area contributed by atoms with Gasteiger partial charge in [-0.2, -0.15) is 0 Å². The van der Waals surface area contributed by atoms with Gasteiger partial charge in [0.15, 0.2) is 6.10 Å². The number of aliphatic hydroxyl groups excluding tert-OH is 1. The zero-order chi connectivity index (χ0) is 14.7. The van der Waals surface area contributed by atoms with Crippen LogP contribution in [0, 0.1) is 0 Å². The minimum absolute atomic E-state index is 0.113. The molecule has 1 aromatic rings. The minimum Gasteiger partial charge on any atom is -0.478 e. The van der Waals surface area contributed by atoms with E-state index in [2.05, 4.69) is 4.74 Å². The van der Waals surface area contributed by atoms with Crippen LogP contribution >= 0.6 is 0 Å². The Bertz CT molecular complexity index is 528. The Balaban J connectivity index is 2.40. The summed E-state index contributed by atoms with van der Waals surface area (Å²) in [5, 5.41) is 9.15. The highest BCUT2D eigenvalue weighted by atomic mass is 16.5. The predicted octanol–water partition coefficient (Wildman–Crippen LogP) is 0.856. The van der Waals surface area contributed by atoms with E-state index in [0.717, 1.165) is 0 Å². The van der Waals surface area contributed by atoms with Crippen molar-refractivity contribution < 1.29 is 24.2 Å². The van der Waals surface area contributed by atoms with Crippen molar-refractivity contribution in [3.63, 3.8) is 0 Å². The molecule has 108 valence electrons. The standard InChI is InChI=1S/C14H17NO5/c1-3-11-14(18)15(7-13(17)19-2)10-5-4-9(8-16)6-12(10)20-11/h4-6,11,16H,3,7-8H2,1-2H3. The Kier molecular flexibility index (Phi) is 4.24. The fraction of sp³-hybridized carbons (Fsp3) is 0.429. The van der Waals surface area contributed by atoms with Gasteiger partial charge in [0.2, 0.25) is 0 Å². The zero-order valence-electron chi connectivity index (χ0n) is 11.5. The number of benzene rings is 1. The van der Waals surface area contributed by atoms with Gasteiger partial charge in [0.05, 0.1) is 19.4 Å². The van der Waals surface area contributed by atoms with Gasteiger partial charge in [-0.15, -0.1) is 0 Å². The Labute approximate surface area is 116 Å². The molecule has 0 spiro atoms. The first-order valence-corrected chi connectivity index (χ1v) is 6.39. The summed E-state index contributed by atoms with van der Waals surface area (Å²) in [6.45, 7) is 1.57. The summed E-state index contributed by atoms with van der Waals surface area (Å²) >= 11 is 0. The normalized spacial score (nSPS) is 17.4. The van der Waals surface area contributed by atoms with Gasteiger partial charge in [-0.25, -0.2) is 0 Å². The second kappa shape index (κ2) is 5.92. The van der Waals surface area contributed by atoms with Crippen molar-refractivity contribution in [3.8, 4) is 5.75 Å². The molecular weight excluding hydrogens is 262 g/mol. The molecule has 1 unspecified atom stereocenters. The number of carbonyl (C=O) groups excluding carboxylic acids is 2. The molecule has 0 radical (unpaired) electrons. The van der Waals surface area contributed by atoms with E-state index in [1.54, 1.807) is 18.2 Å². The van der Waals surface area contributed by atoms with Gasteiger partial charge in [0, 0.05) is 0 Å². The molecule has 0 saturated heterocycles. The molecule has 1 heterocycles. The summed E-state index contributed by atoms with van der Waals surface area (Å²) in [5.74, 6) is -0.263. The molecule has 1 aliphatic rings. The zero-order valence-corrected chi connectivity index (χ0v) is 11.5. The maximum atomic E-state index is 12.3. The molecule has 0 bridgehead atoms. The number of fused-ring (bicyclic) bond motifs is 1. The van der Waals surface area contributed by atoms with E-state index >= 15 is 0 Å². The lowest BCUT2D eigenvalue weighted by atomic mass is 10.1. The van der Waals surface area contributed by atoms with Crippen LogP contribution in [-0.2, 0) is 20.9 Å². The number of ether oxygens (including phenoxy) is 2. The third-order valence-electron chi connectivity index (χ3n) is 3.19. The number of esters is 1. The van der Waals surface area contributed by atoms with Crippen molar-refractivity contribution in [1.29, 1.82) is 0 Å². The van der Waals surface area contributed by atoms with E-state index < -0.39 is 12.1 Å². The van der Waals surface area contributed by atoms with Crippen molar-refractivity contribution in [2.75, 3.05) is 18.6 Å². The van der Waals surface area contributed by atoms with Gasteiger partial charge < -0.3 is 14.6 Å². The topological polar surface area (TPSA) is 76.1 Å². The van der Waals surface area contributed by atoms with E-state index in [1.807, 2.05) is 6.92 Å². The van der Waals surface area contributed by atoms with E-state index in [1.165, 1.54) is 12.0 Å². The summed E-state index contributed by atoms with van der Waals surface area (Å²) in [6.07, 6.45) is -0.125. The summed E-state index contributed by atoms with van der Waals surface area (Å²) < 4.78 is 10.2. The maximum Gasteiger partial charge on any atom is 0.325 e. The fourth-order valence-electron chi connectivity index (χ4n) is 2.09. The van der Waals surface area contributed by atoms with Crippen LogP contribution in [0.4, 0.5) is 5.69 Å². The van der Waals surface area contributed by atoms with E-state index in [-0.39, 0.29) is 19.1 Å². The number of nitrogens with zero attached hydrogens (tertiary/aromatic N) is 1. The highest BCUT2D eigenvalue weighted by Gasteiger charge is 2.34. The molecule has 0 aliphatic carbocycles. The molecule has 6 nitrogen and oxygen atoms in total. The SMILES string of the molecule is CCC1Oc2cc(CO)ccc2N(CC(=O)OC)C1=O. The summed E-state index contributed by atoms with van der Waals surface area (Å²) in [4.78, 5) is 25.1. The molecule has 1 amide bonds. The summed E-state index contributed by atoms with van der Waals surface area (Å²) in [5.41, 5.74) is 1.20. The molecule has 2 rings (SSSR count). The van der Waals surface area contributed by atoms with Gasteiger partial charge in [-0.3, -0.25) is 14.5 Å². The molecule has 0 aromatic heterocycles. The number of hydrogen-bond donors (Lipinski definition) is 1. The quantitative estimate of drug-likeness (QED) is 0.827. The van der Waals surface area contributed by atoms with Crippen LogP contribution in [0.3, 0.4) is 0 Å². The average Bonchev–Trinajstić information content (AvgIpc) is 2.48. The van der Waals surface area contributed by atoms with Crippen LogP contribution in [0.15, 0.2) is 18.2 Å². The maximum absolute atomic E-state index is 12.3. The number of anilines is 1. The molecule has 1 atom stereocenters. The van der Waals surface area contributed by atoms with E-state index in [4.69, 9.17) is 9.84 Å². The number of methoxy groups -OCH3 is 1. The fourth-order valence-corrected chi connectivity index (χ4v) is 2.09. The molecule has 0 fully saturated rings. The molecule has 0 saturated carbocycles. The Morgan fingerprint density at radius 3 is 2.85 bits per heavy atom. The van der Waals surface area contributed by atoms with Crippen LogP contribution in [0.5, 0.6) is 5.75 Å². The number of amides is 1. The Hall–Kier alpha value is -2.08. The van der Waals surface area contributed by atoms with Crippen molar-refractivity contribution in [3.05, 3.63) is 23.8 Å². The molecule has 6 heteroatoms. The first kappa shape index (κ1) is 14.3. The molecular formula is C14H17NO5. The first-order chi connectivity index (χ1) is 9.60. The largest absolute Gasteiger partial charge is 0.478 e. The molecule has 1 aromatic carbocycles. The number of rotatable bonds is 4. The number of aliphatic hydroxyl groups is 1. The van der Waals surface area contributed by atoms with E-state index in [0.29, 0.717) is 23.4 Å². The Morgan fingerprint density at radius 1 is 1.50 bits per heavy atom. The average molecular weight is 279 g/mol. The van der Waals surface area contributed by atoms with Crippen molar-refractivity contribution in [1.82, 2.24) is 0 Å². The van der Waals surface area contributed by atoms with Crippen LogP contribution in [-0.4, -0.2) is 36.7 Å². The first-order valence-electron chi connectivity index (χ1n) is 6.39. The van der Waals surface area contributed by atoms with Gasteiger partial charge in [0.25, 0.3) is 5.91 Å². The third kappa shape index (κ3) is 2.60. The lowest BCUT2D eigenvalue weighted by Crippen LogP contribution is -2.47. The molecule has 1 aliphatic heterocycles. The smallest absolute Gasteiger partial charge is 0.325 e. The van der Waals surface area contributed by atoms with E-state index in [9.17, 15) is 9.59 Å². The molecule has 1 N–H and O–H groups in total. The Morgan fingerprint density at radius 2 is 2.25 bits per heavy atom. The summed E-state index contributed by atoms with van der Waals surface area (Å²) in [7, 11) is 1.28. The second-order valence-corrected chi connectivity index (χ2v) is 4.48. The van der Waals surface area contributed by atoms with Crippen LogP contribution in [0.1, 0.15) is 18.9 Å². The number of carbonyl (C=O) groups is 2. The third-order valence-corrected chi connectivity index (χ3v) is 3.19.